The van der Waals surface area contributed by atoms with Crippen molar-refractivity contribution in [3.05, 3.63) is 0 Å². The molecule has 1 fully saturated rings. The fourth-order valence-electron chi connectivity index (χ4n) is 1.48. The van der Waals surface area contributed by atoms with Gasteiger partial charge < -0.3 is 14.8 Å². The highest BCUT2D eigenvalue weighted by atomic mass is 16.7. The maximum absolute atomic E-state index is 5.67. The molecule has 0 aromatic heterocycles. The largest absolute Gasteiger partial charge is 0.353 e. The first-order chi connectivity index (χ1) is 5.83. The van der Waals surface area contributed by atoms with Gasteiger partial charge in [0.15, 0.2) is 6.29 Å². The molecule has 3 nitrogen and oxygen atoms in total. The van der Waals surface area contributed by atoms with Gasteiger partial charge in [-0.05, 0) is 39.8 Å². The van der Waals surface area contributed by atoms with Gasteiger partial charge in [0.25, 0.3) is 0 Å². The van der Waals surface area contributed by atoms with Gasteiger partial charge in [-0.2, -0.15) is 0 Å². The summed E-state index contributed by atoms with van der Waals surface area (Å²) in [5, 5.41) is 3.30. The van der Waals surface area contributed by atoms with Crippen molar-refractivity contribution in [2.75, 3.05) is 19.7 Å². The molecule has 0 aromatic rings. The molecule has 1 N–H and O–H groups in total. The van der Waals surface area contributed by atoms with Gasteiger partial charge in [0, 0.05) is 6.61 Å². The second kappa shape index (κ2) is 5.51. The van der Waals surface area contributed by atoms with E-state index in [2.05, 4.69) is 5.32 Å². The molecule has 0 saturated carbocycles. The van der Waals surface area contributed by atoms with Gasteiger partial charge in [0.05, 0.1) is 6.10 Å². The summed E-state index contributed by atoms with van der Waals surface area (Å²) in [5.41, 5.74) is 0. The fourth-order valence-corrected chi connectivity index (χ4v) is 1.48. The Labute approximate surface area is 74.4 Å². The van der Waals surface area contributed by atoms with Crippen LogP contribution in [-0.2, 0) is 9.47 Å². The van der Waals surface area contributed by atoms with E-state index < -0.39 is 0 Å². The molecular weight excluding hydrogens is 154 g/mol. The average Bonchev–Trinajstić information content (AvgIpc) is 2.06. The summed E-state index contributed by atoms with van der Waals surface area (Å²) in [6.45, 7) is 6.83. The van der Waals surface area contributed by atoms with E-state index in [1.807, 2.05) is 13.8 Å². The van der Waals surface area contributed by atoms with Crippen molar-refractivity contribution < 1.29 is 9.47 Å². The van der Waals surface area contributed by atoms with Crippen molar-refractivity contribution in [1.29, 1.82) is 0 Å². The molecule has 1 aliphatic rings. The quantitative estimate of drug-likeness (QED) is 0.647. The van der Waals surface area contributed by atoms with E-state index in [0.29, 0.717) is 6.10 Å². The minimum Gasteiger partial charge on any atom is -0.353 e. The van der Waals surface area contributed by atoms with Crippen LogP contribution >= 0.6 is 0 Å². The normalized spacial score (nSPS) is 22.5. The van der Waals surface area contributed by atoms with Crippen LogP contribution in [-0.4, -0.2) is 32.1 Å². The minimum atomic E-state index is -0.0434. The van der Waals surface area contributed by atoms with Crippen LogP contribution in [0.1, 0.15) is 26.7 Å². The van der Waals surface area contributed by atoms with Crippen LogP contribution in [0.3, 0.4) is 0 Å². The summed E-state index contributed by atoms with van der Waals surface area (Å²) >= 11 is 0. The van der Waals surface area contributed by atoms with Crippen molar-refractivity contribution in [3.8, 4) is 0 Å². The number of rotatable bonds is 4. The molecule has 0 aromatic carbocycles. The number of hydrogen-bond donors (Lipinski definition) is 1. The molecule has 1 aliphatic heterocycles. The molecule has 1 heterocycles. The first-order valence-electron chi connectivity index (χ1n) is 4.80. The molecule has 72 valence electrons. The molecule has 0 amide bonds. The topological polar surface area (TPSA) is 30.5 Å². The van der Waals surface area contributed by atoms with Crippen LogP contribution in [0.15, 0.2) is 0 Å². The number of hydrogen-bond acceptors (Lipinski definition) is 3. The maximum atomic E-state index is 5.67. The first kappa shape index (κ1) is 9.96. The zero-order valence-electron chi connectivity index (χ0n) is 8.01. The summed E-state index contributed by atoms with van der Waals surface area (Å²) < 4.78 is 11.0. The van der Waals surface area contributed by atoms with Gasteiger partial charge in [0.1, 0.15) is 0 Å². The highest BCUT2D eigenvalue weighted by molar-refractivity contribution is 4.68. The Kier molecular flexibility index (Phi) is 4.58. The van der Waals surface area contributed by atoms with Gasteiger partial charge in [0.2, 0.25) is 0 Å². The van der Waals surface area contributed by atoms with E-state index in [9.17, 15) is 0 Å². The van der Waals surface area contributed by atoms with Gasteiger partial charge >= 0.3 is 0 Å². The second-order valence-corrected chi connectivity index (χ2v) is 3.11. The SMILES string of the molecule is CCOC(C)OC1CCNCC1. The second-order valence-electron chi connectivity index (χ2n) is 3.11. The van der Waals surface area contributed by atoms with Crippen molar-refractivity contribution >= 4 is 0 Å². The molecule has 0 spiro atoms. The Morgan fingerprint density at radius 2 is 2.08 bits per heavy atom. The molecular formula is C9H19NO2. The fraction of sp³-hybridized carbons (Fsp3) is 1.00. The van der Waals surface area contributed by atoms with Crippen LogP contribution in [0.4, 0.5) is 0 Å². The predicted molar refractivity (Wildman–Crippen MR) is 48.1 cm³/mol. The third-order valence-corrected chi connectivity index (χ3v) is 2.07. The van der Waals surface area contributed by atoms with E-state index in [0.717, 1.165) is 32.5 Å². The maximum Gasteiger partial charge on any atom is 0.155 e. The van der Waals surface area contributed by atoms with Crippen LogP contribution < -0.4 is 5.32 Å². The lowest BCUT2D eigenvalue weighted by atomic mass is 10.1. The Hall–Kier alpha value is -0.120. The molecule has 1 saturated heterocycles. The third-order valence-electron chi connectivity index (χ3n) is 2.07. The summed E-state index contributed by atoms with van der Waals surface area (Å²) in [6, 6.07) is 0. The van der Waals surface area contributed by atoms with Crippen LogP contribution in [0.2, 0.25) is 0 Å². The standard InChI is InChI=1S/C9H19NO2/c1-3-11-8(2)12-9-4-6-10-7-5-9/h8-10H,3-7H2,1-2H3. The van der Waals surface area contributed by atoms with E-state index in [1.165, 1.54) is 0 Å². The average molecular weight is 173 g/mol. The Morgan fingerprint density at radius 3 is 2.67 bits per heavy atom. The monoisotopic (exact) mass is 173 g/mol. The Bertz CT molecular complexity index is 113. The summed E-state index contributed by atoms with van der Waals surface area (Å²) in [5.74, 6) is 0. The molecule has 3 heteroatoms. The molecule has 1 rings (SSSR count). The minimum absolute atomic E-state index is 0.0434. The Balaban J connectivity index is 2.11. The van der Waals surface area contributed by atoms with E-state index >= 15 is 0 Å². The lowest BCUT2D eigenvalue weighted by molar-refractivity contribution is -0.162. The summed E-state index contributed by atoms with van der Waals surface area (Å²) in [4.78, 5) is 0. The molecule has 12 heavy (non-hydrogen) atoms. The van der Waals surface area contributed by atoms with Gasteiger partial charge in [-0.1, -0.05) is 0 Å². The van der Waals surface area contributed by atoms with Crippen LogP contribution in [0, 0.1) is 0 Å². The van der Waals surface area contributed by atoms with Crippen molar-refractivity contribution in [1.82, 2.24) is 5.32 Å². The lowest BCUT2D eigenvalue weighted by Crippen LogP contribution is -2.34. The number of nitrogens with one attached hydrogen (secondary N) is 1. The highest BCUT2D eigenvalue weighted by Crippen LogP contribution is 2.10. The molecule has 0 bridgehead atoms. The highest BCUT2D eigenvalue weighted by Gasteiger charge is 2.15. The zero-order chi connectivity index (χ0) is 8.81. The van der Waals surface area contributed by atoms with Gasteiger partial charge in [-0.25, -0.2) is 0 Å². The van der Waals surface area contributed by atoms with Crippen LogP contribution in [0.25, 0.3) is 0 Å². The van der Waals surface area contributed by atoms with Crippen molar-refractivity contribution in [2.24, 2.45) is 0 Å². The Morgan fingerprint density at radius 1 is 1.42 bits per heavy atom. The number of ether oxygens (including phenoxy) is 2. The molecule has 1 atom stereocenters. The molecule has 1 unspecified atom stereocenters. The third kappa shape index (κ3) is 3.52. The van der Waals surface area contributed by atoms with E-state index in [1.54, 1.807) is 0 Å². The van der Waals surface area contributed by atoms with E-state index in [-0.39, 0.29) is 6.29 Å². The molecule has 0 radical (unpaired) electrons. The van der Waals surface area contributed by atoms with Gasteiger partial charge in [-0.15, -0.1) is 0 Å². The van der Waals surface area contributed by atoms with Gasteiger partial charge in [-0.3, -0.25) is 0 Å². The van der Waals surface area contributed by atoms with Crippen LogP contribution in [0.5, 0.6) is 0 Å². The predicted octanol–water partition coefficient (Wildman–Crippen LogP) is 1.14. The van der Waals surface area contributed by atoms with Crippen molar-refractivity contribution in [2.45, 2.75) is 39.1 Å². The summed E-state index contributed by atoms with van der Waals surface area (Å²) in [6.07, 6.45) is 2.57. The lowest BCUT2D eigenvalue weighted by Gasteiger charge is -2.25. The smallest absolute Gasteiger partial charge is 0.155 e. The van der Waals surface area contributed by atoms with Crippen molar-refractivity contribution in [3.63, 3.8) is 0 Å². The zero-order valence-corrected chi connectivity index (χ0v) is 8.01. The summed E-state index contributed by atoms with van der Waals surface area (Å²) in [7, 11) is 0. The van der Waals surface area contributed by atoms with E-state index in [4.69, 9.17) is 9.47 Å². The molecule has 0 aliphatic carbocycles. The first-order valence-corrected chi connectivity index (χ1v) is 4.80. The number of piperidine rings is 1.